The lowest BCUT2D eigenvalue weighted by Crippen LogP contribution is -2.00. The molecule has 0 heterocycles. The molecule has 1 aromatic carbocycles. The summed E-state index contributed by atoms with van der Waals surface area (Å²) in [6.45, 7) is 0.546. The first-order valence-electron chi connectivity index (χ1n) is 5.27. The fourth-order valence-electron chi connectivity index (χ4n) is 1.26. The fourth-order valence-corrected chi connectivity index (χ4v) is 1.26. The molecule has 0 aliphatic rings. The first-order valence-corrected chi connectivity index (χ1v) is 5.27. The number of unbranched alkanes of at least 4 members (excludes halogenated alkanes) is 1. The van der Waals surface area contributed by atoms with Crippen LogP contribution in [-0.2, 0) is 11.4 Å². The predicted octanol–water partition coefficient (Wildman–Crippen LogP) is 1.81. The highest BCUT2D eigenvalue weighted by Crippen LogP contribution is 2.12. The first-order chi connectivity index (χ1) is 7.72. The zero-order valence-electron chi connectivity index (χ0n) is 9.06. The largest absolute Gasteiger partial charge is 0.494 e. The number of benzene rings is 1. The van der Waals surface area contributed by atoms with Crippen LogP contribution in [-0.4, -0.2) is 22.8 Å². The van der Waals surface area contributed by atoms with Gasteiger partial charge in [-0.15, -0.1) is 0 Å². The number of ether oxygens (including phenoxy) is 1. The topological polar surface area (TPSA) is 66.8 Å². The second-order valence-electron chi connectivity index (χ2n) is 3.50. The van der Waals surface area contributed by atoms with Crippen LogP contribution in [0.1, 0.15) is 24.8 Å². The molecule has 16 heavy (non-hydrogen) atoms. The number of carboxylic acid groups (broad SMARTS) is 1. The highest BCUT2D eigenvalue weighted by atomic mass is 16.5. The standard InChI is InChI=1S/C12H16O4/c13-9-10-4-6-11(7-5-10)16-8-2-1-3-12(14)15/h4-7,13H,1-3,8-9H2,(H,14,15). The van der Waals surface area contributed by atoms with Gasteiger partial charge in [0.2, 0.25) is 0 Å². The number of rotatable bonds is 7. The molecule has 0 atom stereocenters. The third kappa shape index (κ3) is 4.79. The van der Waals surface area contributed by atoms with Crippen LogP contribution in [0.2, 0.25) is 0 Å². The molecule has 0 fully saturated rings. The summed E-state index contributed by atoms with van der Waals surface area (Å²) < 4.78 is 5.41. The van der Waals surface area contributed by atoms with Crippen molar-refractivity contribution in [2.24, 2.45) is 0 Å². The van der Waals surface area contributed by atoms with E-state index < -0.39 is 5.97 Å². The Balaban J connectivity index is 2.19. The Hall–Kier alpha value is -1.55. The van der Waals surface area contributed by atoms with Crippen LogP contribution in [0.3, 0.4) is 0 Å². The Kier molecular flexibility index (Phi) is 5.36. The van der Waals surface area contributed by atoms with Gasteiger partial charge in [-0.3, -0.25) is 4.79 Å². The van der Waals surface area contributed by atoms with E-state index in [2.05, 4.69) is 0 Å². The lowest BCUT2D eigenvalue weighted by atomic mass is 10.2. The van der Waals surface area contributed by atoms with Gasteiger partial charge in [-0.1, -0.05) is 12.1 Å². The number of carboxylic acids is 1. The number of aliphatic carboxylic acids is 1. The lowest BCUT2D eigenvalue weighted by Gasteiger charge is -2.05. The van der Waals surface area contributed by atoms with Crippen molar-refractivity contribution in [3.63, 3.8) is 0 Å². The minimum atomic E-state index is -0.771. The molecule has 0 aliphatic carbocycles. The molecule has 4 heteroatoms. The summed E-state index contributed by atoms with van der Waals surface area (Å²) in [6, 6.07) is 7.19. The predicted molar refractivity (Wildman–Crippen MR) is 59.3 cm³/mol. The van der Waals surface area contributed by atoms with Gasteiger partial charge in [-0.25, -0.2) is 0 Å². The molecule has 1 rings (SSSR count). The fraction of sp³-hybridized carbons (Fsp3) is 0.417. The van der Waals surface area contributed by atoms with Crippen molar-refractivity contribution < 1.29 is 19.7 Å². The Morgan fingerprint density at radius 3 is 2.44 bits per heavy atom. The Morgan fingerprint density at radius 2 is 1.88 bits per heavy atom. The average Bonchev–Trinajstić information content (AvgIpc) is 2.29. The van der Waals surface area contributed by atoms with Gasteiger partial charge < -0.3 is 14.9 Å². The average molecular weight is 224 g/mol. The Morgan fingerprint density at radius 1 is 1.19 bits per heavy atom. The number of carbonyl (C=O) groups is 1. The van der Waals surface area contributed by atoms with Gasteiger partial charge in [0.25, 0.3) is 0 Å². The van der Waals surface area contributed by atoms with Crippen molar-refractivity contribution in [2.75, 3.05) is 6.61 Å². The molecule has 0 aliphatic heterocycles. The van der Waals surface area contributed by atoms with Gasteiger partial charge in [-0.05, 0) is 30.5 Å². The molecule has 0 aromatic heterocycles. The molecule has 2 N–H and O–H groups in total. The van der Waals surface area contributed by atoms with Gasteiger partial charge in [0.15, 0.2) is 0 Å². The van der Waals surface area contributed by atoms with Crippen molar-refractivity contribution in [3.8, 4) is 5.75 Å². The Labute approximate surface area is 94.5 Å². The van der Waals surface area contributed by atoms with Crippen molar-refractivity contribution in [3.05, 3.63) is 29.8 Å². The molecule has 0 saturated heterocycles. The van der Waals surface area contributed by atoms with Crippen molar-refractivity contribution in [1.29, 1.82) is 0 Å². The molecule has 0 amide bonds. The number of aliphatic hydroxyl groups is 1. The molecule has 0 spiro atoms. The molecule has 0 radical (unpaired) electrons. The molecule has 0 bridgehead atoms. The van der Waals surface area contributed by atoms with Crippen molar-refractivity contribution >= 4 is 5.97 Å². The molecular weight excluding hydrogens is 208 g/mol. The van der Waals surface area contributed by atoms with Crippen molar-refractivity contribution in [2.45, 2.75) is 25.9 Å². The SMILES string of the molecule is O=C(O)CCCCOc1ccc(CO)cc1. The maximum absolute atomic E-state index is 10.2. The summed E-state index contributed by atoms with van der Waals surface area (Å²) in [4.78, 5) is 10.2. The number of hydrogen-bond donors (Lipinski definition) is 2. The van der Waals surface area contributed by atoms with E-state index in [9.17, 15) is 4.79 Å². The molecule has 0 unspecified atom stereocenters. The van der Waals surface area contributed by atoms with E-state index in [1.54, 1.807) is 24.3 Å². The third-order valence-electron chi connectivity index (χ3n) is 2.16. The summed E-state index contributed by atoms with van der Waals surface area (Å²) in [6.07, 6.45) is 1.55. The van der Waals surface area contributed by atoms with E-state index >= 15 is 0 Å². The lowest BCUT2D eigenvalue weighted by molar-refractivity contribution is -0.137. The van der Waals surface area contributed by atoms with E-state index in [0.717, 1.165) is 17.7 Å². The van der Waals surface area contributed by atoms with Crippen LogP contribution in [0.4, 0.5) is 0 Å². The summed E-state index contributed by atoms with van der Waals surface area (Å²) in [5, 5.41) is 17.3. The van der Waals surface area contributed by atoms with Gasteiger partial charge in [0.05, 0.1) is 13.2 Å². The first kappa shape index (κ1) is 12.5. The summed E-state index contributed by atoms with van der Waals surface area (Å²) in [5.74, 6) is -0.0279. The monoisotopic (exact) mass is 224 g/mol. The van der Waals surface area contributed by atoms with Gasteiger partial charge in [0, 0.05) is 6.42 Å². The highest BCUT2D eigenvalue weighted by Gasteiger charge is 1.97. The summed E-state index contributed by atoms with van der Waals surface area (Å²) in [7, 11) is 0. The minimum absolute atomic E-state index is 0.0267. The van der Waals surface area contributed by atoms with Crippen LogP contribution < -0.4 is 4.74 Å². The van der Waals surface area contributed by atoms with E-state index in [0.29, 0.717) is 13.0 Å². The second kappa shape index (κ2) is 6.85. The van der Waals surface area contributed by atoms with Gasteiger partial charge >= 0.3 is 5.97 Å². The molecular formula is C12H16O4. The molecule has 4 nitrogen and oxygen atoms in total. The second-order valence-corrected chi connectivity index (χ2v) is 3.50. The zero-order chi connectivity index (χ0) is 11.8. The number of aliphatic hydroxyl groups excluding tert-OH is 1. The third-order valence-corrected chi connectivity index (χ3v) is 2.16. The molecule has 1 aromatic rings. The zero-order valence-corrected chi connectivity index (χ0v) is 9.06. The molecule has 0 saturated carbocycles. The highest BCUT2D eigenvalue weighted by molar-refractivity contribution is 5.66. The van der Waals surface area contributed by atoms with Crippen LogP contribution in [0.15, 0.2) is 24.3 Å². The number of hydrogen-bond acceptors (Lipinski definition) is 3. The van der Waals surface area contributed by atoms with Crippen LogP contribution in [0, 0.1) is 0 Å². The quantitative estimate of drug-likeness (QED) is 0.693. The van der Waals surface area contributed by atoms with E-state index in [1.165, 1.54) is 0 Å². The smallest absolute Gasteiger partial charge is 0.303 e. The van der Waals surface area contributed by atoms with Crippen molar-refractivity contribution in [1.82, 2.24) is 0 Å². The van der Waals surface area contributed by atoms with Gasteiger partial charge in [-0.2, -0.15) is 0 Å². The maximum Gasteiger partial charge on any atom is 0.303 e. The Bertz CT molecular complexity index is 318. The summed E-state index contributed by atoms with van der Waals surface area (Å²) >= 11 is 0. The van der Waals surface area contributed by atoms with E-state index in [-0.39, 0.29) is 13.0 Å². The van der Waals surface area contributed by atoms with Crippen LogP contribution >= 0.6 is 0 Å². The van der Waals surface area contributed by atoms with Crippen LogP contribution in [0.25, 0.3) is 0 Å². The summed E-state index contributed by atoms with van der Waals surface area (Å²) in [5.41, 5.74) is 0.846. The molecule has 88 valence electrons. The van der Waals surface area contributed by atoms with Gasteiger partial charge in [0.1, 0.15) is 5.75 Å². The van der Waals surface area contributed by atoms with Crippen LogP contribution in [0.5, 0.6) is 5.75 Å². The minimum Gasteiger partial charge on any atom is -0.494 e. The van der Waals surface area contributed by atoms with E-state index in [4.69, 9.17) is 14.9 Å². The normalized spacial score (nSPS) is 10.1. The maximum atomic E-state index is 10.2. The van der Waals surface area contributed by atoms with E-state index in [1.807, 2.05) is 0 Å².